The number of nitrogens with one attached hydrogen (secondary N) is 1. The van der Waals surface area contributed by atoms with E-state index in [4.69, 9.17) is 5.11 Å². The first-order valence-corrected chi connectivity index (χ1v) is 5.20. The van der Waals surface area contributed by atoms with Gasteiger partial charge in [0.25, 0.3) is 0 Å². The number of carbonyl (C=O) groups excluding carboxylic acids is 2. The first kappa shape index (κ1) is 15.1. The molecule has 0 saturated carbocycles. The zero-order valence-electron chi connectivity index (χ0n) is 9.90. The van der Waals surface area contributed by atoms with Crippen LogP contribution in [0, 0.1) is 0 Å². The highest BCUT2D eigenvalue weighted by Crippen LogP contribution is 2.17. The van der Waals surface area contributed by atoms with Gasteiger partial charge in [-0.25, -0.2) is 9.59 Å². The maximum Gasteiger partial charge on any atom is 0.406 e. The molecular formula is C9H12F3N3O4. The van der Waals surface area contributed by atoms with Gasteiger partial charge in [-0.2, -0.15) is 13.2 Å². The van der Waals surface area contributed by atoms with E-state index in [2.05, 4.69) is 5.32 Å². The largest absolute Gasteiger partial charge is 0.480 e. The summed E-state index contributed by atoms with van der Waals surface area (Å²) in [5.74, 6) is -2.01. The summed E-state index contributed by atoms with van der Waals surface area (Å²) in [6.45, 7) is -2.44. The molecule has 1 heterocycles. The van der Waals surface area contributed by atoms with Crippen molar-refractivity contribution in [2.45, 2.75) is 12.2 Å². The third-order valence-electron chi connectivity index (χ3n) is 2.46. The van der Waals surface area contributed by atoms with Crippen LogP contribution in [0.3, 0.4) is 0 Å². The number of carboxylic acid groups (broad SMARTS) is 1. The lowest BCUT2D eigenvalue weighted by Crippen LogP contribution is -2.61. The van der Waals surface area contributed by atoms with E-state index in [-0.39, 0.29) is 6.54 Å². The van der Waals surface area contributed by atoms with E-state index in [1.54, 1.807) is 0 Å². The molecule has 1 rings (SSSR count). The van der Waals surface area contributed by atoms with Crippen molar-refractivity contribution in [1.29, 1.82) is 0 Å². The SMILES string of the molecule is CN(CC(F)(F)F)C(=O)N1CC(=O)NCC1C(=O)O. The van der Waals surface area contributed by atoms with E-state index in [9.17, 15) is 27.6 Å². The number of piperazine rings is 1. The number of hydrogen-bond acceptors (Lipinski definition) is 3. The molecule has 0 aromatic carbocycles. The lowest BCUT2D eigenvalue weighted by Gasteiger charge is -2.35. The Hall–Kier alpha value is -2.00. The van der Waals surface area contributed by atoms with Crippen molar-refractivity contribution in [2.75, 3.05) is 26.7 Å². The number of aliphatic carboxylic acids is 1. The minimum Gasteiger partial charge on any atom is -0.480 e. The molecule has 0 aromatic rings. The Kier molecular flexibility index (Phi) is 4.22. The zero-order valence-corrected chi connectivity index (χ0v) is 9.90. The molecule has 1 aliphatic heterocycles. The Labute approximate surface area is 105 Å². The van der Waals surface area contributed by atoms with Gasteiger partial charge in [0.1, 0.15) is 19.1 Å². The molecule has 0 aliphatic carbocycles. The molecule has 7 nitrogen and oxygen atoms in total. The van der Waals surface area contributed by atoms with E-state index >= 15 is 0 Å². The predicted octanol–water partition coefficient (Wildman–Crippen LogP) is -0.514. The molecule has 1 saturated heterocycles. The summed E-state index contributed by atoms with van der Waals surface area (Å²) < 4.78 is 36.5. The van der Waals surface area contributed by atoms with Crippen LogP contribution in [-0.2, 0) is 9.59 Å². The van der Waals surface area contributed by atoms with Gasteiger partial charge >= 0.3 is 18.2 Å². The lowest BCUT2D eigenvalue weighted by molar-refractivity contribution is -0.146. The highest BCUT2D eigenvalue weighted by atomic mass is 19.4. The van der Waals surface area contributed by atoms with Gasteiger partial charge in [-0.05, 0) is 0 Å². The van der Waals surface area contributed by atoms with Gasteiger partial charge in [0.05, 0.1) is 0 Å². The molecule has 0 radical (unpaired) electrons. The minimum atomic E-state index is -4.60. The molecule has 10 heteroatoms. The minimum absolute atomic E-state index is 0.328. The smallest absolute Gasteiger partial charge is 0.406 e. The van der Waals surface area contributed by atoms with Crippen LogP contribution >= 0.6 is 0 Å². The summed E-state index contributed by atoms with van der Waals surface area (Å²) in [6.07, 6.45) is -4.60. The number of rotatable bonds is 2. The summed E-state index contributed by atoms with van der Waals surface area (Å²) in [7, 11) is 0.890. The Morgan fingerprint density at radius 1 is 1.53 bits per heavy atom. The molecule has 0 bridgehead atoms. The lowest BCUT2D eigenvalue weighted by atomic mass is 10.2. The molecule has 0 spiro atoms. The summed E-state index contributed by atoms with van der Waals surface area (Å²) in [5, 5.41) is 11.1. The van der Waals surface area contributed by atoms with Crippen molar-refractivity contribution in [2.24, 2.45) is 0 Å². The summed E-state index contributed by atoms with van der Waals surface area (Å²) >= 11 is 0. The second-order valence-electron chi connectivity index (χ2n) is 4.04. The quantitative estimate of drug-likeness (QED) is 0.714. The Morgan fingerprint density at radius 2 is 2.11 bits per heavy atom. The second kappa shape index (κ2) is 5.33. The van der Waals surface area contributed by atoms with E-state index in [0.29, 0.717) is 9.80 Å². The summed E-state index contributed by atoms with van der Waals surface area (Å²) in [5.41, 5.74) is 0. The van der Waals surface area contributed by atoms with Gasteiger partial charge in [-0.3, -0.25) is 9.69 Å². The normalized spacial score (nSPS) is 19.9. The first-order chi connectivity index (χ1) is 8.61. The summed E-state index contributed by atoms with van der Waals surface area (Å²) in [4.78, 5) is 34.7. The standard InChI is InChI=1S/C9H12F3N3O4/c1-14(4-9(10,11)12)8(19)15-3-6(16)13-2-5(15)7(17)18/h5H,2-4H2,1H3,(H,13,16)(H,17,18). The monoisotopic (exact) mass is 283 g/mol. The predicted molar refractivity (Wildman–Crippen MR) is 55.2 cm³/mol. The first-order valence-electron chi connectivity index (χ1n) is 5.20. The highest BCUT2D eigenvalue weighted by Gasteiger charge is 2.39. The van der Waals surface area contributed by atoms with Crippen molar-refractivity contribution in [3.05, 3.63) is 0 Å². The van der Waals surface area contributed by atoms with E-state index < -0.39 is 43.2 Å². The third kappa shape index (κ3) is 4.00. The van der Waals surface area contributed by atoms with Crippen LogP contribution in [0.25, 0.3) is 0 Å². The molecule has 1 aliphatic rings. The average molecular weight is 283 g/mol. The molecule has 0 aromatic heterocycles. The van der Waals surface area contributed by atoms with Gasteiger partial charge in [-0.1, -0.05) is 0 Å². The maximum atomic E-state index is 12.2. The van der Waals surface area contributed by atoms with Crippen LogP contribution in [0.15, 0.2) is 0 Å². The highest BCUT2D eigenvalue weighted by molar-refractivity contribution is 5.90. The van der Waals surface area contributed by atoms with Crippen LogP contribution in [0.2, 0.25) is 0 Å². The van der Waals surface area contributed by atoms with Crippen LogP contribution in [-0.4, -0.2) is 71.7 Å². The fraction of sp³-hybridized carbons (Fsp3) is 0.667. The number of hydrogen-bond donors (Lipinski definition) is 2. The molecule has 3 amide bonds. The zero-order chi connectivity index (χ0) is 14.8. The Morgan fingerprint density at radius 3 is 2.58 bits per heavy atom. The van der Waals surface area contributed by atoms with Gasteiger partial charge < -0.3 is 15.3 Å². The van der Waals surface area contributed by atoms with Crippen LogP contribution < -0.4 is 5.32 Å². The molecule has 1 unspecified atom stereocenters. The van der Waals surface area contributed by atoms with Crippen molar-refractivity contribution in [3.8, 4) is 0 Å². The van der Waals surface area contributed by atoms with Crippen molar-refractivity contribution >= 4 is 17.9 Å². The molecule has 2 N–H and O–H groups in total. The van der Waals surface area contributed by atoms with E-state index in [1.807, 2.05) is 0 Å². The number of alkyl halides is 3. The number of amides is 3. The van der Waals surface area contributed by atoms with Crippen LogP contribution in [0.4, 0.5) is 18.0 Å². The molecule has 108 valence electrons. The Balaban J connectivity index is 2.81. The van der Waals surface area contributed by atoms with Gasteiger partial charge in [0.2, 0.25) is 5.91 Å². The molecule has 19 heavy (non-hydrogen) atoms. The van der Waals surface area contributed by atoms with E-state index in [1.165, 1.54) is 0 Å². The number of carboxylic acids is 1. The van der Waals surface area contributed by atoms with Crippen molar-refractivity contribution in [3.63, 3.8) is 0 Å². The topological polar surface area (TPSA) is 90.0 Å². The van der Waals surface area contributed by atoms with Crippen LogP contribution in [0.5, 0.6) is 0 Å². The van der Waals surface area contributed by atoms with Gasteiger partial charge in [-0.15, -0.1) is 0 Å². The molecule has 1 fully saturated rings. The third-order valence-corrected chi connectivity index (χ3v) is 2.46. The van der Waals surface area contributed by atoms with Gasteiger partial charge in [0, 0.05) is 13.6 Å². The number of nitrogens with zero attached hydrogens (tertiary/aromatic N) is 2. The van der Waals surface area contributed by atoms with Crippen LogP contribution in [0.1, 0.15) is 0 Å². The number of urea groups is 1. The fourth-order valence-corrected chi connectivity index (χ4v) is 1.62. The van der Waals surface area contributed by atoms with E-state index in [0.717, 1.165) is 7.05 Å². The number of carbonyl (C=O) groups is 3. The number of halogens is 3. The van der Waals surface area contributed by atoms with Crippen molar-refractivity contribution < 1.29 is 32.7 Å². The molecular weight excluding hydrogens is 271 g/mol. The Bertz CT molecular complexity index is 399. The maximum absolute atomic E-state index is 12.2. The fourth-order valence-electron chi connectivity index (χ4n) is 1.62. The average Bonchev–Trinajstić information content (AvgIpc) is 2.25. The van der Waals surface area contributed by atoms with Crippen molar-refractivity contribution in [1.82, 2.24) is 15.1 Å². The molecule has 1 atom stereocenters. The second-order valence-corrected chi connectivity index (χ2v) is 4.04. The summed E-state index contributed by atoms with van der Waals surface area (Å²) in [6, 6.07) is -2.53. The van der Waals surface area contributed by atoms with Gasteiger partial charge in [0.15, 0.2) is 0 Å².